The minimum Gasteiger partial charge on any atom is -0.443 e. The van der Waals surface area contributed by atoms with Crippen LogP contribution in [-0.2, 0) is 0 Å². The van der Waals surface area contributed by atoms with Crippen molar-refractivity contribution in [2.75, 3.05) is 13.6 Å². The second kappa shape index (κ2) is 7.16. The molecule has 1 amide bonds. The summed E-state index contributed by atoms with van der Waals surface area (Å²) in [6.07, 6.45) is 7.01. The van der Waals surface area contributed by atoms with Crippen LogP contribution in [0.2, 0.25) is 0 Å². The summed E-state index contributed by atoms with van der Waals surface area (Å²) in [5.74, 6) is 0.638. The van der Waals surface area contributed by atoms with Gasteiger partial charge in [-0.2, -0.15) is 5.26 Å². The Morgan fingerprint density at radius 3 is 2.72 bits per heavy atom. The van der Waals surface area contributed by atoms with Crippen LogP contribution in [0.4, 0.5) is 0 Å². The molecule has 1 aliphatic carbocycles. The van der Waals surface area contributed by atoms with Crippen molar-refractivity contribution in [1.82, 2.24) is 9.47 Å². The molecule has 2 atom stereocenters. The van der Waals surface area contributed by atoms with Crippen molar-refractivity contribution in [3.63, 3.8) is 0 Å². The van der Waals surface area contributed by atoms with E-state index in [1.165, 1.54) is 0 Å². The molecule has 0 spiro atoms. The Labute approximate surface area is 147 Å². The van der Waals surface area contributed by atoms with Gasteiger partial charge in [0.05, 0.1) is 6.10 Å². The second-order valence-electron chi connectivity index (χ2n) is 6.71. The molecule has 1 fully saturated rings. The van der Waals surface area contributed by atoms with E-state index < -0.39 is 0 Å². The third kappa shape index (κ3) is 3.33. The molecule has 25 heavy (non-hydrogen) atoms. The summed E-state index contributed by atoms with van der Waals surface area (Å²) < 4.78 is 7.39. The maximum Gasteiger partial charge on any atom is 0.258 e. The van der Waals surface area contributed by atoms with Crippen molar-refractivity contribution in [2.45, 2.75) is 38.7 Å². The van der Waals surface area contributed by atoms with E-state index in [1.54, 1.807) is 35.8 Å². The van der Waals surface area contributed by atoms with Crippen LogP contribution in [0.5, 0.6) is 0 Å². The Balaban J connectivity index is 1.85. The van der Waals surface area contributed by atoms with Crippen molar-refractivity contribution in [3.8, 4) is 12.0 Å². The smallest absolute Gasteiger partial charge is 0.258 e. The van der Waals surface area contributed by atoms with E-state index in [0.29, 0.717) is 23.8 Å². The Bertz CT molecular complexity index is 786. The number of aromatic nitrogens is 1. The lowest BCUT2D eigenvalue weighted by Crippen LogP contribution is -2.38. The van der Waals surface area contributed by atoms with Gasteiger partial charge < -0.3 is 14.4 Å². The van der Waals surface area contributed by atoms with Crippen LogP contribution < -0.4 is 0 Å². The number of aliphatic hydroxyl groups is 1. The highest BCUT2D eigenvalue weighted by atomic mass is 16.4. The summed E-state index contributed by atoms with van der Waals surface area (Å²) >= 11 is 0. The minimum atomic E-state index is -0.361. The van der Waals surface area contributed by atoms with Crippen molar-refractivity contribution in [1.29, 1.82) is 5.26 Å². The van der Waals surface area contributed by atoms with E-state index in [9.17, 15) is 15.2 Å². The zero-order chi connectivity index (χ0) is 18.0. The van der Waals surface area contributed by atoms with Gasteiger partial charge in [0.15, 0.2) is 0 Å². The van der Waals surface area contributed by atoms with Gasteiger partial charge in [-0.15, -0.1) is 0 Å². The van der Waals surface area contributed by atoms with Crippen LogP contribution in [-0.4, -0.2) is 40.2 Å². The van der Waals surface area contributed by atoms with Crippen molar-refractivity contribution in [3.05, 3.63) is 41.4 Å². The number of amides is 1. The first-order valence-electron chi connectivity index (χ1n) is 8.63. The molecule has 0 radical (unpaired) electrons. The molecular formula is C19H23N3O3. The quantitative estimate of drug-likeness (QED) is 0.927. The largest absolute Gasteiger partial charge is 0.443 e. The van der Waals surface area contributed by atoms with Gasteiger partial charge in [0, 0.05) is 31.9 Å². The van der Waals surface area contributed by atoms with Gasteiger partial charge in [-0.3, -0.25) is 9.36 Å². The number of furan rings is 1. The fourth-order valence-corrected chi connectivity index (χ4v) is 3.57. The zero-order valence-electron chi connectivity index (χ0n) is 14.6. The molecule has 0 aliphatic heterocycles. The average Bonchev–Trinajstić information content (AvgIpc) is 3.23. The lowest BCUT2D eigenvalue weighted by atomic mass is 9.86. The van der Waals surface area contributed by atoms with Gasteiger partial charge in [-0.1, -0.05) is 12.8 Å². The molecule has 1 saturated carbocycles. The number of nitriles is 1. The van der Waals surface area contributed by atoms with Crippen LogP contribution in [0.3, 0.4) is 0 Å². The minimum absolute atomic E-state index is 0.0874. The van der Waals surface area contributed by atoms with Crippen LogP contribution >= 0.6 is 0 Å². The molecule has 2 unspecified atom stereocenters. The number of hydrogen-bond acceptors (Lipinski definition) is 4. The monoisotopic (exact) mass is 341 g/mol. The highest BCUT2D eigenvalue weighted by molar-refractivity contribution is 5.98. The van der Waals surface area contributed by atoms with Crippen LogP contribution in [0.1, 0.15) is 47.4 Å². The molecule has 2 aromatic heterocycles. The Morgan fingerprint density at radius 2 is 2.08 bits per heavy atom. The van der Waals surface area contributed by atoms with Gasteiger partial charge in [0.1, 0.15) is 23.0 Å². The molecular weight excluding hydrogens is 318 g/mol. The number of aryl methyl sites for hydroxylation is 1. The number of carbonyl (C=O) groups is 1. The first-order chi connectivity index (χ1) is 12.0. The zero-order valence-corrected chi connectivity index (χ0v) is 14.6. The first-order valence-corrected chi connectivity index (χ1v) is 8.63. The van der Waals surface area contributed by atoms with Crippen molar-refractivity contribution < 1.29 is 14.3 Å². The van der Waals surface area contributed by atoms with Gasteiger partial charge in [-0.05, 0) is 31.9 Å². The summed E-state index contributed by atoms with van der Waals surface area (Å²) in [5.41, 5.74) is 0.550. The van der Waals surface area contributed by atoms with Gasteiger partial charge >= 0.3 is 0 Å². The number of carbonyl (C=O) groups excluding carboxylic acids is 1. The third-order valence-electron chi connectivity index (χ3n) is 4.95. The second-order valence-corrected chi connectivity index (χ2v) is 6.71. The molecule has 2 heterocycles. The van der Waals surface area contributed by atoms with Crippen molar-refractivity contribution >= 4 is 5.91 Å². The maximum absolute atomic E-state index is 12.9. The van der Waals surface area contributed by atoms with Crippen LogP contribution in [0.15, 0.2) is 28.9 Å². The van der Waals surface area contributed by atoms with Crippen molar-refractivity contribution in [2.24, 2.45) is 5.92 Å². The topological polar surface area (TPSA) is 82.4 Å². The fourth-order valence-electron chi connectivity index (χ4n) is 3.57. The molecule has 3 rings (SSSR count). The van der Waals surface area contributed by atoms with E-state index in [0.717, 1.165) is 25.7 Å². The molecule has 6 nitrogen and oxygen atoms in total. The molecule has 6 heteroatoms. The predicted molar refractivity (Wildman–Crippen MR) is 92.4 cm³/mol. The van der Waals surface area contributed by atoms with E-state index in [4.69, 9.17) is 4.42 Å². The number of hydrogen-bond donors (Lipinski definition) is 1. The molecule has 0 saturated heterocycles. The number of rotatable bonds is 4. The van der Waals surface area contributed by atoms with E-state index >= 15 is 0 Å². The summed E-state index contributed by atoms with van der Waals surface area (Å²) in [6.45, 7) is 2.18. The maximum atomic E-state index is 12.9. The third-order valence-corrected chi connectivity index (χ3v) is 4.95. The van der Waals surface area contributed by atoms with Gasteiger partial charge in [0.2, 0.25) is 5.88 Å². The highest BCUT2D eigenvalue weighted by Gasteiger charge is 2.30. The van der Waals surface area contributed by atoms with E-state index in [-0.39, 0.29) is 23.5 Å². The predicted octanol–water partition coefficient (Wildman–Crippen LogP) is 2.87. The molecule has 1 aliphatic rings. The summed E-state index contributed by atoms with van der Waals surface area (Å²) in [7, 11) is 1.71. The van der Waals surface area contributed by atoms with Gasteiger partial charge in [0.25, 0.3) is 5.91 Å². The number of nitrogens with zero attached hydrogens (tertiary/aromatic N) is 3. The molecule has 132 valence electrons. The molecule has 0 aromatic carbocycles. The molecule has 0 bridgehead atoms. The lowest BCUT2D eigenvalue weighted by Gasteiger charge is -2.31. The normalized spacial score (nSPS) is 20.2. The molecule has 1 N–H and O–H groups in total. The average molecular weight is 341 g/mol. The molecule has 2 aromatic rings. The first kappa shape index (κ1) is 17.3. The Morgan fingerprint density at radius 1 is 1.40 bits per heavy atom. The van der Waals surface area contributed by atoms with Gasteiger partial charge in [-0.25, -0.2) is 0 Å². The highest BCUT2D eigenvalue weighted by Crippen LogP contribution is 2.28. The summed E-state index contributed by atoms with van der Waals surface area (Å²) in [5, 5.41) is 19.7. The Kier molecular flexibility index (Phi) is 4.95. The van der Waals surface area contributed by atoms with E-state index in [1.807, 2.05) is 12.1 Å². The SMILES string of the molecule is Cc1oc(-n2cccc2)c(C#N)c1C(=O)N(C)CC1CCCCC1O. The van der Waals surface area contributed by atoms with Crippen LogP contribution in [0, 0.1) is 24.2 Å². The number of aliphatic hydroxyl groups excluding tert-OH is 1. The fraction of sp³-hybridized carbons (Fsp3) is 0.474. The lowest BCUT2D eigenvalue weighted by molar-refractivity contribution is 0.0450. The summed E-state index contributed by atoms with van der Waals surface area (Å²) in [6, 6.07) is 5.77. The van der Waals surface area contributed by atoms with E-state index in [2.05, 4.69) is 6.07 Å². The van der Waals surface area contributed by atoms with Crippen LogP contribution in [0.25, 0.3) is 5.88 Å². The standard InChI is InChI=1S/C19H23N3O3/c1-13-17(15(11-20)19(25-13)22-9-5-6-10-22)18(24)21(2)12-14-7-3-4-8-16(14)23/h5-6,9-10,14,16,23H,3-4,7-8,12H2,1-2H3. The summed E-state index contributed by atoms with van der Waals surface area (Å²) in [4.78, 5) is 14.5. The Hall–Kier alpha value is -2.52.